The molecule has 146 valence electrons. The molecule has 0 spiro atoms. The second-order valence-corrected chi connectivity index (χ2v) is 8.73. The number of hydrogen-bond acceptors (Lipinski definition) is 4. The van der Waals surface area contributed by atoms with Gasteiger partial charge in [-0.2, -0.15) is 13.2 Å². The van der Waals surface area contributed by atoms with Gasteiger partial charge in [-0.25, -0.2) is 8.42 Å². The molecule has 1 atom stereocenters. The van der Waals surface area contributed by atoms with E-state index >= 15 is 0 Å². The van der Waals surface area contributed by atoms with Crippen LogP contribution < -0.4 is 5.32 Å². The van der Waals surface area contributed by atoms with Gasteiger partial charge in [0.1, 0.15) is 0 Å². The van der Waals surface area contributed by atoms with E-state index in [1.165, 1.54) is 11.3 Å². The molecular formula is C19H14F3NO3S2. The summed E-state index contributed by atoms with van der Waals surface area (Å²) >= 11 is 1.45. The Morgan fingerprint density at radius 3 is 2.11 bits per heavy atom. The molecule has 0 aliphatic heterocycles. The van der Waals surface area contributed by atoms with Crippen molar-refractivity contribution in [1.82, 2.24) is 5.32 Å². The number of thiophene rings is 1. The molecule has 3 aromatic rings. The Kier molecular flexibility index (Phi) is 5.57. The summed E-state index contributed by atoms with van der Waals surface area (Å²) in [6.07, 6.45) is 0. The van der Waals surface area contributed by atoms with Crippen LogP contribution in [0.1, 0.15) is 26.8 Å². The second-order valence-electron chi connectivity index (χ2n) is 5.81. The summed E-state index contributed by atoms with van der Waals surface area (Å²) in [7, 11) is -5.45. The highest BCUT2D eigenvalue weighted by molar-refractivity contribution is 7.92. The zero-order valence-corrected chi connectivity index (χ0v) is 15.8. The van der Waals surface area contributed by atoms with Crippen LogP contribution >= 0.6 is 11.3 Å². The van der Waals surface area contributed by atoms with Crippen LogP contribution in [0.3, 0.4) is 0 Å². The van der Waals surface area contributed by atoms with Gasteiger partial charge in [0, 0.05) is 10.4 Å². The van der Waals surface area contributed by atoms with E-state index in [-0.39, 0.29) is 5.56 Å². The lowest BCUT2D eigenvalue weighted by Gasteiger charge is -2.18. The molecule has 1 heterocycles. The highest BCUT2D eigenvalue weighted by Crippen LogP contribution is 2.30. The largest absolute Gasteiger partial charge is 0.501 e. The second kappa shape index (κ2) is 7.76. The molecule has 28 heavy (non-hydrogen) atoms. The minimum atomic E-state index is -5.45. The van der Waals surface area contributed by atoms with Crippen LogP contribution in [0.5, 0.6) is 0 Å². The third-order valence-electron chi connectivity index (χ3n) is 3.97. The number of amides is 1. The van der Waals surface area contributed by atoms with E-state index in [9.17, 15) is 26.4 Å². The first kappa shape index (κ1) is 20.1. The van der Waals surface area contributed by atoms with Gasteiger partial charge in [0.2, 0.25) is 0 Å². The lowest BCUT2D eigenvalue weighted by Crippen LogP contribution is -2.29. The summed E-state index contributed by atoms with van der Waals surface area (Å²) < 4.78 is 60.7. The quantitative estimate of drug-likeness (QED) is 0.652. The van der Waals surface area contributed by atoms with Crippen LogP contribution in [0, 0.1) is 0 Å². The first-order valence-electron chi connectivity index (χ1n) is 8.01. The van der Waals surface area contributed by atoms with Crippen molar-refractivity contribution in [2.45, 2.75) is 16.4 Å². The van der Waals surface area contributed by atoms with Crippen molar-refractivity contribution in [2.75, 3.05) is 0 Å². The fourth-order valence-electron chi connectivity index (χ4n) is 2.55. The van der Waals surface area contributed by atoms with Gasteiger partial charge in [0.05, 0.1) is 10.9 Å². The zero-order chi connectivity index (χ0) is 20.4. The first-order chi connectivity index (χ1) is 13.2. The number of carbonyl (C=O) groups is 1. The van der Waals surface area contributed by atoms with E-state index in [2.05, 4.69) is 5.32 Å². The van der Waals surface area contributed by atoms with E-state index in [4.69, 9.17) is 0 Å². The lowest BCUT2D eigenvalue weighted by molar-refractivity contribution is -0.0436. The molecule has 2 aromatic carbocycles. The molecule has 0 bridgehead atoms. The Balaban J connectivity index is 1.85. The molecule has 1 aromatic heterocycles. The van der Waals surface area contributed by atoms with Crippen molar-refractivity contribution in [3.05, 3.63) is 88.1 Å². The van der Waals surface area contributed by atoms with Gasteiger partial charge in [-0.05, 0) is 41.3 Å². The van der Waals surface area contributed by atoms with Gasteiger partial charge in [0.15, 0.2) is 0 Å². The molecule has 1 unspecified atom stereocenters. The predicted octanol–water partition coefficient (Wildman–Crippen LogP) is 4.56. The van der Waals surface area contributed by atoms with Crippen LogP contribution in [0.25, 0.3) is 0 Å². The van der Waals surface area contributed by atoms with Crippen LogP contribution in [0.2, 0.25) is 0 Å². The fraction of sp³-hybridized carbons (Fsp3) is 0.105. The number of hydrogen-bond donors (Lipinski definition) is 1. The minimum Gasteiger partial charge on any atom is -0.340 e. The maximum atomic E-state index is 12.6. The molecule has 0 fully saturated rings. The van der Waals surface area contributed by atoms with Crippen LogP contribution in [-0.2, 0) is 9.84 Å². The molecule has 0 saturated heterocycles. The third-order valence-corrected chi connectivity index (χ3v) is 6.41. The Hall–Kier alpha value is -2.65. The summed E-state index contributed by atoms with van der Waals surface area (Å²) in [6.45, 7) is 0. The predicted molar refractivity (Wildman–Crippen MR) is 99.8 cm³/mol. The summed E-state index contributed by atoms with van der Waals surface area (Å²) in [5.41, 5.74) is -4.50. The number of nitrogens with one attached hydrogen (secondary N) is 1. The highest BCUT2D eigenvalue weighted by atomic mass is 32.2. The standard InChI is InChI=1S/C19H14F3NO3S2/c20-19(21,22)28(25,26)15-10-8-14(9-11-15)18(24)23-17(16-7-4-12-27-16)13-5-2-1-3-6-13/h1-12,17H,(H,23,24). The molecule has 0 radical (unpaired) electrons. The number of alkyl halides is 3. The summed E-state index contributed by atoms with van der Waals surface area (Å²) in [4.78, 5) is 12.6. The van der Waals surface area contributed by atoms with E-state index in [0.717, 1.165) is 34.7 Å². The van der Waals surface area contributed by atoms with Crippen molar-refractivity contribution >= 4 is 27.1 Å². The number of halogens is 3. The van der Waals surface area contributed by atoms with Crippen LogP contribution in [0.4, 0.5) is 13.2 Å². The maximum absolute atomic E-state index is 12.6. The average Bonchev–Trinajstić information content (AvgIpc) is 3.20. The molecule has 0 aliphatic carbocycles. The Bertz CT molecular complexity index is 1050. The van der Waals surface area contributed by atoms with Crippen LogP contribution in [-0.4, -0.2) is 19.8 Å². The molecule has 4 nitrogen and oxygen atoms in total. The van der Waals surface area contributed by atoms with Crippen molar-refractivity contribution in [2.24, 2.45) is 0 Å². The third kappa shape index (κ3) is 4.10. The number of sulfone groups is 1. The monoisotopic (exact) mass is 425 g/mol. The highest BCUT2D eigenvalue weighted by Gasteiger charge is 2.46. The molecule has 0 saturated carbocycles. The SMILES string of the molecule is O=C(NC(c1ccccc1)c1cccs1)c1ccc(S(=O)(=O)C(F)(F)F)cc1. The summed E-state index contributed by atoms with van der Waals surface area (Å²) in [5.74, 6) is -0.529. The zero-order valence-electron chi connectivity index (χ0n) is 14.2. The van der Waals surface area contributed by atoms with Crippen molar-refractivity contribution < 1.29 is 26.4 Å². The Labute approximate surface area is 163 Å². The normalized spacial score (nSPS) is 13.1. The molecular weight excluding hydrogens is 411 g/mol. The van der Waals surface area contributed by atoms with Gasteiger partial charge < -0.3 is 5.32 Å². The van der Waals surface area contributed by atoms with Crippen molar-refractivity contribution in [3.63, 3.8) is 0 Å². The van der Waals surface area contributed by atoms with E-state index < -0.39 is 32.2 Å². The van der Waals surface area contributed by atoms with E-state index in [0.29, 0.717) is 0 Å². The molecule has 9 heteroatoms. The molecule has 0 aliphatic rings. The number of rotatable bonds is 5. The van der Waals surface area contributed by atoms with Crippen LogP contribution in [0.15, 0.2) is 77.0 Å². The van der Waals surface area contributed by atoms with Gasteiger partial charge in [-0.3, -0.25) is 4.79 Å². The minimum absolute atomic E-state index is 0.0543. The van der Waals surface area contributed by atoms with Gasteiger partial charge >= 0.3 is 5.51 Å². The Morgan fingerprint density at radius 1 is 0.929 bits per heavy atom. The summed E-state index contributed by atoms with van der Waals surface area (Å²) in [5, 5.41) is 4.71. The van der Waals surface area contributed by atoms with Gasteiger partial charge in [-0.15, -0.1) is 11.3 Å². The summed E-state index contributed by atoms with van der Waals surface area (Å²) in [6, 6.07) is 16.2. The topological polar surface area (TPSA) is 63.2 Å². The van der Waals surface area contributed by atoms with E-state index in [1.54, 1.807) is 0 Å². The van der Waals surface area contributed by atoms with Gasteiger partial charge in [0.25, 0.3) is 15.7 Å². The number of benzene rings is 2. The Morgan fingerprint density at radius 2 is 1.57 bits per heavy atom. The smallest absolute Gasteiger partial charge is 0.340 e. The molecule has 3 rings (SSSR count). The van der Waals surface area contributed by atoms with Crippen molar-refractivity contribution in [1.29, 1.82) is 0 Å². The lowest BCUT2D eigenvalue weighted by atomic mass is 10.0. The molecule has 1 amide bonds. The number of carbonyl (C=O) groups excluding carboxylic acids is 1. The van der Waals surface area contributed by atoms with Gasteiger partial charge in [-0.1, -0.05) is 36.4 Å². The van der Waals surface area contributed by atoms with E-state index in [1.807, 2.05) is 47.8 Å². The fourth-order valence-corrected chi connectivity index (χ4v) is 4.12. The molecule has 1 N–H and O–H groups in total. The maximum Gasteiger partial charge on any atom is 0.501 e. The first-order valence-corrected chi connectivity index (χ1v) is 10.4. The van der Waals surface area contributed by atoms with Crippen molar-refractivity contribution in [3.8, 4) is 0 Å². The average molecular weight is 425 g/mol.